The number of carbonyl (C=O) groups is 1. The highest BCUT2D eigenvalue weighted by Crippen LogP contribution is 2.28. The number of hydrogen-bond donors (Lipinski definition) is 1. The average Bonchev–Trinajstić information content (AvgIpc) is 2.70. The third-order valence-corrected chi connectivity index (χ3v) is 4.00. The highest BCUT2D eigenvalue weighted by atomic mass is 16.5. The largest absolute Gasteiger partial charge is 0.503 e. The van der Waals surface area contributed by atoms with Gasteiger partial charge in [-0.15, -0.1) is 5.11 Å². The standard InChI is InChI=1S/C20H18N4O4/c1-12-4-8-14(9-5-12)21-22-16-18(25)17(20(27)28-3)23-24(19(16)26)15-10-6-13(2)7-11-15/h4-11,25H,1-3H3. The number of esters is 1. The van der Waals surface area contributed by atoms with Crippen molar-refractivity contribution in [2.75, 3.05) is 7.11 Å². The minimum atomic E-state index is -0.898. The molecule has 0 aliphatic heterocycles. The summed E-state index contributed by atoms with van der Waals surface area (Å²) in [7, 11) is 1.15. The van der Waals surface area contributed by atoms with Crippen LogP contribution in [0.15, 0.2) is 63.6 Å². The number of nitrogens with zero attached hydrogens (tertiary/aromatic N) is 4. The molecule has 0 radical (unpaired) electrons. The minimum absolute atomic E-state index is 0.406. The molecule has 0 bridgehead atoms. The van der Waals surface area contributed by atoms with Gasteiger partial charge in [0.2, 0.25) is 5.69 Å². The molecule has 8 nitrogen and oxygen atoms in total. The van der Waals surface area contributed by atoms with E-state index < -0.39 is 28.7 Å². The molecule has 2 aromatic carbocycles. The Morgan fingerprint density at radius 2 is 1.57 bits per heavy atom. The van der Waals surface area contributed by atoms with Crippen LogP contribution in [0.2, 0.25) is 0 Å². The van der Waals surface area contributed by atoms with E-state index in [0.717, 1.165) is 22.9 Å². The summed E-state index contributed by atoms with van der Waals surface area (Å²) in [6.07, 6.45) is 0. The maximum Gasteiger partial charge on any atom is 0.362 e. The van der Waals surface area contributed by atoms with Crippen molar-refractivity contribution in [3.05, 3.63) is 75.7 Å². The summed E-state index contributed by atoms with van der Waals surface area (Å²) in [5.74, 6) is -1.58. The summed E-state index contributed by atoms with van der Waals surface area (Å²) in [6, 6.07) is 14.0. The molecule has 142 valence electrons. The van der Waals surface area contributed by atoms with Crippen LogP contribution < -0.4 is 5.56 Å². The SMILES string of the molecule is COC(=O)c1nn(-c2ccc(C)cc2)c(=O)c(N=Nc2ccc(C)cc2)c1O. The lowest BCUT2D eigenvalue weighted by atomic mass is 10.2. The lowest BCUT2D eigenvalue weighted by Gasteiger charge is -2.10. The second kappa shape index (κ2) is 7.83. The van der Waals surface area contributed by atoms with Crippen molar-refractivity contribution >= 4 is 17.3 Å². The smallest absolute Gasteiger partial charge is 0.362 e. The van der Waals surface area contributed by atoms with Gasteiger partial charge in [0.1, 0.15) is 0 Å². The summed E-state index contributed by atoms with van der Waals surface area (Å²) in [5.41, 5.74) is 1.38. The normalized spacial score (nSPS) is 11.0. The fraction of sp³-hybridized carbons (Fsp3) is 0.150. The van der Waals surface area contributed by atoms with Gasteiger partial charge in [-0.25, -0.2) is 4.79 Å². The van der Waals surface area contributed by atoms with Crippen LogP contribution in [0.25, 0.3) is 5.69 Å². The first kappa shape index (κ1) is 19.0. The van der Waals surface area contributed by atoms with E-state index in [9.17, 15) is 14.7 Å². The highest BCUT2D eigenvalue weighted by Gasteiger charge is 2.23. The van der Waals surface area contributed by atoms with Crippen molar-refractivity contribution in [3.63, 3.8) is 0 Å². The number of rotatable bonds is 4. The van der Waals surface area contributed by atoms with Gasteiger partial charge in [0, 0.05) is 0 Å². The summed E-state index contributed by atoms with van der Waals surface area (Å²) >= 11 is 0. The first-order chi connectivity index (χ1) is 13.4. The van der Waals surface area contributed by atoms with Gasteiger partial charge in [-0.1, -0.05) is 35.4 Å². The number of hydrogen-bond acceptors (Lipinski definition) is 7. The maximum absolute atomic E-state index is 12.8. The van der Waals surface area contributed by atoms with Crippen molar-refractivity contribution in [1.82, 2.24) is 9.78 Å². The fourth-order valence-electron chi connectivity index (χ4n) is 2.41. The molecule has 0 saturated carbocycles. The Labute approximate surface area is 160 Å². The Hall–Kier alpha value is -3.81. The Kier molecular flexibility index (Phi) is 5.30. The second-order valence-electron chi connectivity index (χ2n) is 6.13. The fourth-order valence-corrected chi connectivity index (χ4v) is 2.41. The zero-order valence-corrected chi connectivity index (χ0v) is 15.6. The highest BCUT2D eigenvalue weighted by molar-refractivity contribution is 5.91. The number of ether oxygens (including phenoxy) is 1. The number of benzene rings is 2. The first-order valence-electron chi connectivity index (χ1n) is 8.40. The number of carbonyl (C=O) groups excluding carboxylic acids is 1. The van der Waals surface area contributed by atoms with Gasteiger partial charge in [-0.05, 0) is 38.1 Å². The Morgan fingerprint density at radius 3 is 2.14 bits per heavy atom. The van der Waals surface area contributed by atoms with E-state index in [-0.39, 0.29) is 0 Å². The molecule has 1 heterocycles. The molecule has 0 atom stereocenters. The third kappa shape index (κ3) is 3.80. The van der Waals surface area contributed by atoms with E-state index in [2.05, 4.69) is 20.1 Å². The van der Waals surface area contributed by atoms with Crippen LogP contribution in [0.4, 0.5) is 11.4 Å². The van der Waals surface area contributed by atoms with Crippen LogP contribution in [0, 0.1) is 13.8 Å². The van der Waals surface area contributed by atoms with Crippen molar-refractivity contribution < 1.29 is 14.6 Å². The Balaban J connectivity index is 2.18. The van der Waals surface area contributed by atoms with Crippen LogP contribution in [0.3, 0.4) is 0 Å². The van der Waals surface area contributed by atoms with Gasteiger partial charge in [0.25, 0.3) is 0 Å². The van der Waals surface area contributed by atoms with Gasteiger partial charge < -0.3 is 9.84 Å². The van der Waals surface area contributed by atoms with E-state index >= 15 is 0 Å². The van der Waals surface area contributed by atoms with E-state index in [1.165, 1.54) is 0 Å². The van der Waals surface area contributed by atoms with E-state index in [1.807, 2.05) is 26.0 Å². The first-order valence-corrected chi connectivity index (χ1v) is 8.40. The van der Waals surface area contributed by atoms with E-state index in [4.69, 9.17) is 0 Å². The molecule has 0 fully saturated rings. The lowest BCUT2D eigenvalue weighted by molar-refractivity contribution is 0.0588. The molecule has 0 saturated heterocycles. The zero-order chi connectivity index (χ0) is 20.3. The Bertz CT molecular complexity index is 1100. The topological polar surface area (TPSA) is 106 Å². The monoisotopic (exact) mass is 378 g/mol. The molecular weight excluding hydrogens is 360 g/mol. The second-order valence-corrected chi connectivity index (χ2v) is 6.13. The van der Waals surface area contributed by atoms with Gasteiger partial charge in [-0.3, -0.25) is 4.79 Å². The number of azo groups is 1. The van der Waals surface area contributed by atoms with Crippen LogP contribution in [0.1, 0.15) is 21.6 Å². The molecule has 3 rings (SSSR count). The van der Waals surface area contributed by atoms with Crippen LogP contribution in [-0.4, -0.2) is 28.0 Å². The summed E-state index contributed by atoms with van der Waals surface area (Å²) in [4.78, 5) is 24.9. The molecule has 0 spiro atoms. The molecule has 0 aliphatic carbocycles. The molecule has 3 aromatic rings. The van der Waals surface area contributed by atoms with Crippen molar-refractivity contribution in [2.45, 2.75) is 13.8 Å². The lowest BCUT2D eigenvalue weighted by Crippen LogP contribution is -2.24. The molecule has 0 aliphatic rings. The summed E-state index contributed by atoms with van der Waals surface area (Å²) < 4.78 is 5.63. The number of aromatic nitrogens is 2. The Morgan fingerprint density at radius 1 is 1.00 bits per heavy atom. The predicted octanol–water partition coefficient (Wildman–Crippen LogP) is 3.76. The molecule has 0 amide bonds. The van der Waals surface area contributed by atoms with Crippen LogP contribution >= 0.6 is 0 Å². The van der Waals surface area contributed by atoms with E-state index in [1.54, 1.807) is 36.4 Å². The zero-order valence-electron chi connectivity index (χ0n) is 15.6. The quantitative estimate of drug-likeness (QED) is 0.550. The number of aromatic hydroxyl groups is 1. The molecule has 1 aromatic heterocycles. The predicted molar refractivity (Wildman–Crippen MR) is 103 cm³/mol. The van der Waals surface area contributed by atoms with Crippen molar-refractivity contribution in [1.29, 1.82) is 0 Å². The van der Waals surface area contributed by atoms with Crippen LogP contribution in [-0.2, 0) is 4.74 Å². The third-order valence-electron chi connectivity index (χ3n) is 4.00. The van der Waals surface area contributed by atoms with Gasteiger partial charge >= 0.3 is 11.5 Å². The van der Waals surface area contributed by atoms with Gasteiger partial charge in [0.05, 0.1) is 18.5 Å². The van der Waals surface area contributed by atoms with Crippen molar-refractivity contribution in [2.24, 2.45) is 10.2 Å². The summed E-state index contributed by atoms with van der Waals surface area (Å²) in [5, 5.41) is 22.2. The molecular formula is C20H18N4O4. The molecule has 0 unspecified atom stereocenters. The molecule has 1 N–H and O–H groups in total. The minimum Gasteiger partial charge on any atom is -0.503 e. The molecule has 8 heteroatoms. The van der Waals surface area contributed by atoms with Gasteiger partial charge in [0.15, 0.2) is 11.4 Å². The van der Waals surface area contributed by atoms with E-state index in [0.29, 0.717) is 11.4 Å². The van der Waals surface area contributed by atoms with Gasteiger partial charge in [-0.2, -0.15) is 14.9 Å². The average molecular weight is 378 g/mol. The molecule has 28 heavy (non-hydrogen) atoms. The number of aryl methyl sites for hydroxylation is 2. The van der Waals surface area contributed by atoms with Crippen LogP contribution in [0.5, 0.6) is 5.75 Å². The summed E-state index contributed by atoms with van der Waals surface area (Å²) in [6.45, 7) is 3.83. The van der Waals surface area contributed by atoms with Crippen molar-refractivity contribution in [3.8, 4) is 11.4 Å². The number of methoxy groups -OCH3 is 1. The maximum atomic E-state index is 12.8.